The van der Waals surface area contributed by atoms with Gasteiger partial charge in [0.1, 0.15) is 5.75 Å². The van der Waals surface area contributed by atoms with Crippen LogP contribution in [0.15, 0.2) is 24.3 Å². The molecule has 0 aliphatic heterocycles. The van der Waals surface area contributed by atoms with Gasteiger partial charge in [-0.05, 0) is 24.8 Å². The third-order valence-electron chi connectivity index (χ3n) is 3.13. The fourth-order valence-corrected chi connectivity index (χ4v) is 2.09. The highest BCUT2D eigenvalue weighted by Crippen LogP contribution is 2.34. The van der Waals surface area contributed by atoms with Crippen LogP contribution in [-0.2, 0) is 6.54 Å². The van der Waals surface area contributed by atoms with Crippen LogP contribution in [0.25, 0.3) is 0 Å². The molecular weight excluding hydrogens is 186 g/mol. The predicted octanol–water partition coefficient (Wildman–Crippen LogP) is 2.67. The van der Waals surface area contributed by atoms with E-state index in [0.717, 1.165) is 18.0 Å². The maximum atomic E-state index is 9.57. The summed E-state index contributed by atoms with van der Waals surface area (Å²) in [6, 6.07) is 8.22. The molecule has 2 heteroatoms. The van der Waals surface area contributed by atoms with Crippen molar-refractivity contribution in [3.05, 3.63) is 29.8 Å². The van der Waals surface area contributed by atoms with E-state index in [1.165, 1.54) is 19.3 Å². The van der Waals surface area contributed by atoms with Crippen molar-refractivity contribution in [2.75, 3.05) is 0 Å². The van der Waals surface area contributed by atoms with E-state index in [2.05, 4.69) is 12.2 Å². The third kappa shape index (κ3) is 2.72. The Labute approximate surface area is 91.3 Å². The molecule has 1 aliphatic carbocycles. The second kappa shape index (κ2) is 4.67. The quantitative estimate of drug-likeness (QED) is 0.774. The Bertz CT molecular complexity index is 324. The van der Waals surface area contributed by atoms with Crippen LogP contribution < -0.4 is 5.32 Å². The molecule has 2 atom stereocenters. The summed E-state index contributed by atoms with van der Waals surface area (Å²) in [5.74, 6) is 1.28. The number of phenolic OH excluding ortho intramolecular Hbond substituents is 1. The van der Waals surface area contributed by atoms with Crippen LogP contribution in [0, 0.1) is 5.92 Å². The van der Waals surface area contributed by atoms with Gasteiger partial charge in [-0.25, -0.2) is 0 Å². The van der Waals surface area contributed by atoms with Crippen molar-refractivity contribution in [3.63, 3.8) is 0 Å². The van der Waals surface area contributed by atoms with Crippen molar-refractivity contribution in [3.8, 4) is 5.75 Å². The fraction of sp³-hybridized carbons (Fsp3) is 0.538. The van der Waals surface area contributed by atoms with Crippen molar-refractivity contribution in [1.29, 1.82) is 0 Å². The van der Waals surface area contributed by atoms with Gasteiger partial charge in [-0.2, -0.15) is 0 Å². The topological polar surface area (TPSA) is 32.3 Å². The maximum absolute atomic E-state index is 9.57. The van der Waals surface area contributed by atoms with Crippen LogP contribution in [0.3, 0.4) is 0 Å². The van der Waals surface area contributed by atoms with E-state index in [4.69, 9.17) is 0 Å². The minimum absolute atomic E-state index is 0.401. The van der Waals surface area contributed by atoms with Crippen LogP contribution in [0.5, 0.6) is 5.75 Å². The Kier molecular flexibility index (Phi) is 3.27. The van der Waals surface area contributed by atoms with Crippen molar-refractivity contribution in [1.82, 2.24) is 5.32 Å². The lowest BCUT2D eigenvalue weighted by atomic mass is 10.2. The molecule has 1 aliphatic rings. The Balaban J connectivity index is 1.78. The van der Waals surface area contributed by atoms with Gasteiger partial charge >= 0.3 is 0 Å². The predicted molar refractivity (Wildman–Crippen MR) is 61.7 cm³/mol. The lowest BCUT2D eigenvalue weighted by molar-refractivity contribution is 0.463. The van der Waals surface area contributed by atoms with Gasteiger partial charge in [0.25, 0.3) is 0 Å². The first-order chi connectivity index (χ1) is 7.31. The molecule has 0 bridgehead atoms. The molecule has 2 unspecified atom stereocenters. The summed E-state index contributed by atoms with van der Waals surface area (Å²) in [6.45, 7) is 3.02. The molecule has 0 heterocycles. The van der Waals surface area contributed by atoms with Crippen molar-refractivity contribution in [2.24, 2.45) is 5.92 Å². The molecule has 2 rings (SSSR count). The van der Waals surface area contributed by atoms with Crippen LogP contribution in [0.4, 0.5) is 0 Å². The number of phenols is 1. The summed E-state index contributed by atoms with van der Waals surface area (Å²) in [6.07, 6.45) is 3.92. The molecule has 0 spiro atoms. The van der Waals surface area contributed by atoms with Gasteiger partial charge in [0, 0.05) is 18.2 Å². The van der Waals surface area contributed by atoms with Gasteiger partial charge in [-0.1, -0.05) is 31.5 Å². The van der Waals surface area contributed by atoms with Crippen LogP contribution in [-0.4, -0.2) is 11.1 Å². The molecule has 0 saturated heterocycles. The second-order valence-corrected chi connectivity index (χ2v) is 4.40. The molecule has 1 fully saturated rings. The first-order valence-electron chi connectivity index (χ1n) is 5.81. The molecule has 0 amide bonds. The average molecular weight is 205 g/mol. The third-order valence-corrected chi connectivity index (χ3v) is 3.13. The summed E-state index contributed by atoms with van der Waals surface area (Å²) < 4.78 is 0. The first kappa shape index (κ1) is 10.5. The molecular formula is C13H19NO. The van der Waals surface area contributed by atoms with E-state index in [1.54, 1.807) is 6.07 Å². The molecule has 82 valence electrons. The zero-order chi connectivity index (χ0) is 10.7. The second-order valence-electron chi connectivity index (χ2n) is 4.40. The number of hydrogen-bond donors (Lipinski definition) is 2. The maximum Gasteiger partial charge on any atom is 0.120 e. The molecule has 2 N–H and O–H groups in total. The molecule has 1 aromatic carbocycles. The Morgan fingerprint density at radius 2 is 2.20 bits per heavy atom. The summed E-state index contributed by atoms with van der Waals surface area (Å²) in [5.41, 5.74) is 1.000. The van der Waals surface area contributed by atoms with E-state index in [9.17, 15) is 5.11 Å². The lowest BCUT2D eigenvalue weighted by Gasteiger charge is -2.05. The number of para-hydroxylation sites is 1. The normalized spacial score (nSPS) is 24.1. The Morgan fingerprint density at radius 1 is 1.40 bits per heavy atom. The number of hydrogen-bond acceptors (Lipinski definition) is 2. The number of rotatable bonds is 5. The van der Waals surface area contributed by atoms with Gasteiger partial charge in [-0.15, -0.1) is 0 Å². The average Bonchev–Trinajstić information content (AvgIpc) is 2.96. The van der Waals surface area contributed by atoms with Gasteiger partial charge in [0.2, 0.25) is 0 Å². The molecule has 0 aromatic heterocycles. The standard InChI is InChI=1S/C13H19NO/c1-2-5-10-8-12(10)14-9-11-6-3-4-7-13(11)15/h3-4,6-7,10,12,14-15H,2,5,8-9H2,1H3. The van der Waals surface area contributed by atoms with Crippen molar-refractivity contribution in [2.45, 2.75) is 38.8 Å². The highest BCUT2D eigenvalue weighted by molar-refractivity contribution is 5.31. The zero-order valence-electron chi connectivity index (χ0n) is 9.24. The molecule has 2 nitrogen and oxygen atoms in total. The molecule has 0 radical (unpaired) electrons. The van der Waals surface area contributed by atoms with Gasteiger partial charge in [-0.3, -0.25) is 0 Å². The number of aromatic hydroxyl groups is 1. The summed E-state index contributed by atoms with van der Waals surface area (Å²) in [4.78, 5) is 0. The van der Waals surface area contributed by atoms with Gasteiger partial charge in [0.05, 0.1) is 0 Å². The SMILES string of the molecule is CCCC1CC1NCc1ccccc1O. The van der Waals surface area contributed by atoms with Crippen molar-refractivity contribution >= 4 is 0 Å². The minimum Gasteiger partial charge on any atom is -0.508 e. The Morgan fingerprint density at radius 3 is 2.93 bits per heavy atom. The van der Waals surface area contributed by atoms with E-state index in [0.29, 0.717) is 11.8 Å². The minimum atomic E-state index is 0.401. The number of benzene rings is 1. The van der Waals surface area contributed by atoms with E-state index in [1.807, 2.05) is 18.2 Å². The van der Waals surface area contributed by atoms with E-state index < -0.39 is 0 Å². The Hall–Kier alpha value is -1.02. The number of nitrogens with one attached hydrogen (secondary N) is 1. The smallest absolute Gasteiger partial charge is 0.120 e. The summed E-state index contributed by atoms with van der Waals surface area (Å²) >= 11 is 0. The molecule has 1 saturated carbocycles. The molecule has 15 heavy (non-hydrogen) atoms. The first-order valence-corrected chi connectivity index (χ1v) is 5.81. The van der Waals surface area contributed by atoms with Crippen LogP contribution >= 0.6 is 0 Å². The van der Waals surface area contributed by atoms with Crippen molar-refractivity contribution < 1.29 is 5.11 Å². The van der Waals surface area contributed by atoms with Gasteiger partial charge < -0.3 is 10.4 Å². The zero-order valence-corrected chi connectivity index (χ0v) is 9.24. The van der Waals surface area contributed by atoms with E-state index >= 15 is 0 Å². The lowest BCUT2D eigenvalue weighted by Crippen LogP contribution is -2.17. The molecule has 1 aromatic rings. The van der Waals surface area contributed by atoms with Crippen LogP contribution in [0.2, 0.25) is 0 Å². The largest absolute Gasteiger partial charge is 0.508 e. The highest BCUT2D eigenvalue weighted by Gasteiger charge is 2.35. The highest BCUT2D eigenvalue weighted by atomic mass is 16.3. The van der Waals surface area contributed by atoms with Crippen LogP contribution in [0.1, 0.15) is 31.7 Å². The summed E-state index contributed by atoms with van der Waals surface area (Å²) in [7, 11) is 0. The summed E-state index contributed by atoms with van der Waals surface area (Å²) in [5, 5.41) is 13.1. The van der Waals surface area contributed by atoms with E-state index in [-0.39, 0.29) is 0 Å². The van der Waals surface area contributed by atoms with Gasteiger partial charge in [0.15, 0.2) is 0 Å². The monoisotopic (exact) mass is 205 g/mol. The fourth-order valence-electron chi connectivity index (χ4n) is 2.09.